The zero-order chi connectivity index (χ0) is 21.0. The monoisotopic (exact) mass is 403 g/mol. The highest BCUT2D eigenvalue weighted by Gasteiger charge is 2.30. The number of pyridine rings is 1. The number of hydrogen-bond acceptors (Lipinski definition) is 2. The van der Waals surface area contributed by atoms with E-state index >= 15 is 0 Å². The van der Waals surface area contributed by atoms with E-state index in [-0.39, 0.29) is 11.8 Å². The largest absolute Gasteiger partial charge is 0.416 e. The van der Waals surface area contributed by atoms with Gasteiger partial charge in [0.15, 0.2) is 0 Å². The van der Waals surface area contributed by atoms with Crippen molar-refractivity contribution < 1.29 is 18.0 Å². The van der Waals surface area contributed by atoms with E-state index < -0.39 is 11.7 Å². The van der Waals surface area contributed by atoms with Gasteiger partial charge in [-0.25, -0.2) is 4.98 Å². The Bertz CT molecular complexity index is 977. The van der Waals surface area contributed by atoms with Gasteiger partial charge in [-0.1, -0.05) is 44.9 Å². The van der Waals surface area contributed by atoms with Gasteiger partial charge in [-0.05, 0) is 37.1 Å². The minimum Gasteiger partial charge on any atom is -0.310 e. The standard InChI is InChI=1S/C22H24F3N3O/c1-3-5-8-15(4-2)21(29)27-20-19(26-18-9-6-7-14-28(18)20)16-10-12-17(13-11-16)22(23,24)25/h6-7,9-15H,3-5,8H2,1-2H3,(H,27,29)/t15-/m1/s1. The van der Waals surface area contributed by atoms with Crippen LogP contribution in [0.2, 0.25) is 0 Å². The fourth-order valence-corrected chi connectivity index (χ4v) is 3.32. The van der Waals surface area contributed by atoms with Crippen molar-refractivity contribution in [3.05, 3.63) is 54.2 Å². The number of unbranched alkanes of at least 4 members (excludes halogenated alkanes) is 1. The molecule has 2 heterocycles. The molecular formula is C22H24F3N3O. The number of carbonyl (C=O) groups is 1. The number of fused-ring (bicyclic) bond motifs is 1. The molecule has 1 atom stereocenters. The number of nitrogens with zero attached hydrogens (tertiary/aromatic N) is 2. The van der Waals surface area contributed by atoms with E-state index in [9.17, 15) is 18.0 Å². The summed E-state index contributed by atoms with van der Waals surface area (Å²) in [6.07, 6.45) is 0.866. The number of benzene rings is 1. The third kappa shape index (κ3) is 4.60. The molecule has 0 aliphatic heterocycles. The van der Waals surface area contributed by atoms with Crippen LogP contribution in [0.15, 0.2) is 48.7 Å². The maximum absolute atomic E-state index is 12.9. The number of carbonyl (C=O) groups excluding carboxylic acids is 1. The van der Waals surface area contributed by atoms with E-state index in [0.717, 1.165) is 37.8 Å². The maximum atomic E-state index is 12.9. The van der Waals surface area contributed by atoms with Crippen LogP contribution in [0.3, 0.4) is 0 Å². The van der Waals surface area contributed by atoms with Crippen LogP contribution in [0.5, 0.6) is 0 Å². The van der Waals surface area contributed by atoms with Crippen LogP contribution in [-0.2, 0) is 11.0 Å². The Hall–Kier alpha value is -2.83. The summed E-state index contributed by atoms with van der Waals surface area (Å²) < 4.78 is 40.4. The van der Waals surface area contributed by atoms with Gasteiger partial charge in [0.05, 0.1) is 5.56 Å². The third-order valence-electron chi connectivity index (χ3n) is 5.03. The SMILES string of the molecule is CCCC[C@@H](CC)C(=O)Nc1c(-c2ccc(C(F)(F)F)cc2)nc2ccccn12. The summed E-state index contributed by atoms with van der Waals surface area (Å²) in [6.45, 7) is 4.06. The van der Waals surface area contributed by atoms with Crippen molar-refractivity contribution in [3.63, 3.8) is 0 Å². The van der Waals surface area contributed by atoms with Gasteiger partial charge >= 0.3 is 6.18 Å². The lowest BCUT2D eigenvalue weighted by molar-refractivity contribution is -0.137. The molecule has 154 valence electrons. The zero-order valence-corrected chi connectivity index (χ0v) is 16.5. The number of anilines is 1. The molecule has 1 N–H and O–H groups in total. The lowest BCUT2D eigenvalue weighted by Crippen LogP contribution is -2.23. The first-order valence-corrected chi connectivity index (χ1v) is 9.80. The minimum absolute atomic E-state index is 0.0974. The normalized spacial score (nSPS) is 12.9. The summed E-state index contributed by atoms with van der Waals surface area (Å²) in [6, 6.07) is 10.2. The van der Waals surface area contributed by atoms with Crippen LogP contribution >= 0.6 is 0 Å². The van der Waals surface area contributed by atoms with E-state index in [2.05, 4.69) is 17.2 Å². The number of imidazole rings is 1. The fraction of sp³-hybridized carbons (Fsp3) is 0.364. The van der Waals surface area contributed by atoms with E-state index in [1.807, 2.05) is 19.1 Å². The lowest BCUT2D eigenvalue weighted by Gasteiger charge is -2.15. The van der Waals surface area contributed by atoms with Crippen molar-refractivity contribution in [2.45, 2.75) is 45.7 Å². The number of nitrogens with one attached hydrogen (secondary N) is 1. The average Bonchev–Trinajstić information content (AvgIpc) is 3.06. The zero-order valence-electron chi connectivity index (χ0n) is 16.5. The van der Waals surface area contributed by atoms with Crippen molar-refractivity contribution in [3.8, 4) is 11.3 Å². The van der Waals surface area contributed by atoms with E-state index in [4.69, 9.17) is 0 Å². The maximum Gasteiger partial charge on any atom is 0.416 e. The highest BCUT2D eigenvalue weighted by atomic mass is 19.4. The summed E-state index contributed by atoms with van der Waals surface area (Å²) in [7, 11) is 0. The predicted octanol–water partition coefficient (Wildman–Crippen LogP) is 6.18. The molecule has 1 amide bonds. The van der Waals surface area contributed by atoms with Crippen molar-refractivity contribution in [2.75, 3.05) is 5.32 Å². The van der Waals surface area contributed by atoms with Crippen LogP contribution in [0, 0.1) is 5.92 Å². The molecule has 0 unspecified atom stereocenters. The van der Waals surface area contributed by atoms with E-state index in [0.29, 0.717) is 22.7 Å². The van der Waals surface area contributed by atoms with Crippen molar-refractivity contribution >= 4 is 17.4 Å². The lowest BCUT2D eigenvalue weighted by atomic mass is 9.98. The Balaban J connectivity index is 1.99. The van der Waals surface area contributed by atoms with Crippen LogP contribution in [-0.4, -0.2) is 15.3 Å². The Kier molecular flexibility index (Phi) is 6.25. The van der Waals surface area contributed by atoms with Crippen LogP contribution in [0.25, 0.3) is 16.9 Å². The first kappa shape index (κ1) is 20.9. The molecule has 0 aliphatic rings. The van der Waals surface area contributed by atoms with Crippen LogP contribution in [0.1, 0.15) is 45.1 Å². The Morgan fingerprint density at radius 2 is 1.86 bits per heavy atom. The summed E-state index contributed by atoms with van der Waals surface area (Å²) >= 11 is 0. The summed E-state index contributed by atoms with van der Waals surface area (Å²) in [4.78, 5) is 17.4. The summed E-state index contributed by atoms with van der Waals surface area (Å²) in [5.74, 6) is 0.254. The van der Waals surface area contributed by atoms with Crippen LogP contribution in [0.4, 0.5) is 19.0 Å². The van der Waals surface area contributed by atoms with Gasteiger partial charge in [0.2, 0.25) is 5.91 Å². The molecule has 0 fully saturated rings. The molecule has 0 spiro atoms. The van der Waals surface area contributed by atoms with Gasteiger partial charge in [-0.3, -0.25) is 9.20 Å². The molecule has 0 saturated carbocycles. The molecule has 2 aromatic heterocycles. The molecule has 0 bridgehead atoms. The number of amides is 1. The van der Waals surface area contributed by atoms with E-state index in [1.165, 1.54) is 12.1 Å². The molecule has 0 saturated heterocycles. The second-order valence-electron chi connectivity index (χ2n) is 7.05. The first-order chi connectivity index (χ1) is 13.8. The van der Waals surface area contributed by atoms with Gasteiger partial charge < -0.3 is 5.32 Å². The van der Waals surface area contributed by atoms with Gasteiger partial charge in [0.1, 0.15) is 17.2 Å². The Morgan fingerprint density at radius 1 is 1.14 bits per heavy atom. The summed E-state index contributed by atoms with van der Waals surface area (Å²) in [5, 5.41) is 2.98. The van der Waals surface area contributed by atoms with Crippen molar-refractivity contribution in [2.24, 2.45) is 5.92 Å². The molecule has 29 heavy (non-hydrogen) atoms. The Morgan fingerprint density at radius 3 is 2.48 bits per heavy atom. The van der Waals surface area contributed by atoms with Gasteiger partial charge in [0.25, 0.3) is 0 Å². The number of halogens is 3. The molecule has 7 heteroatoms. The highest BCUT2D eigenvalue weighted by Crippen LogP contribution is 2.33. The molecule has 0 aliphatic carbocycles. The smallest absolute Gasteiger partial charge is 0.310 e. The summed E-state index contributed by atoms with van der Waals surface area (Å²) in [5.41, 5.74) is 0.850. The predicted molar refractivity (Wildman–Crippen MR) is 108 cm³/mol. The second-order valence-corrected chi connectivity index (χ2v) is 7.05. The van der Waals surface area contributed by atoms with Gasteiger partial charge in [0, 0.05) is 17.7 Å². The Labute approximate surface area is 167 Å². The molecule has 0 radical (unpaired) electrons. The molecule has 3 rings (SSSR count). The second kappa shape index (κ2) is 8.68. The third-order valence-corrected chi connectivity index (χ3v) is 5.03. The van der Waals surface area contributed by atoms with Gasteiger partial charge in [-0.15, -0.1) is 0 Å². The van der Waals surface area contributed by atoms with Crippen molar-refractivity contribution in [1.82, 2.24) is 9.38 Å². The molecule has 1 aromatic carbocycles. The van der Waals surface area contributed by atoms with Crippen LogP contribution < -0.4 is 5.32 Å². The number of rotatable bonds is 7. The molecule has 4 nitrogen and oxygen atoms in total. The number of alkyl halides is 3. The van der Waals surface area contributed by atoms with Gasteiger partial charge in [-0.2, -0.15) is 13.2 Å². The molecular weight excluding hydrogens is 379 g/mol. The topological polar surface area (TPSA) is 46.4 Å². The highest BCUT2D eigenvalue weighted by molar-refractivity contribution is 5.96. The van der Waals surface area contributed by atoms with Crippen molar-refractivity contribution in [1.29, 1.82) is 0 Å². The van der Waals surface area contributed by atoms with E-state index in [1.54, 1.807) is 16.7 Å². The molecule has 3 aromatic rings. The number of hydrogen-bond donors (Lipinski definition) is 1. The fourth-order valence-electron chi connectivity index (χ4n) is 3.32. The first-order valence-electron chi connectivity index (χ1n) is 9.80. The average molecular weight is 403 g/mol. The minimum atomic E-state index is -4.40. The number of aromatic nitrogens is 2. The quantitative estimate of drug-likeness (QED) is 0.512.